The fraction of sp³-hybridized carbons (Fsp3) is 0.750. The molecule has 1 aliphatic rings. The van der Waals surface area contributed by atoms with Gasteiger partial charge in [-0.05, 0) is 52.8 Å². The molecular formula is C16H28N2O2. The summed E-state index contributed by atoms with van der Waals surface area (Å²) >= 11 is 0. The van der Waals surface area contributed by atoms with Gasteiger partial charge in [-0.25, -0.2) is 0 Å². The Morgan fingerprint density at radius 2 is 2.15 bits per heavy atom. The Morgan fingerprint density at radius 3 is 2.75 bits per heavy atom. The minimum absolute atomic E-state index is 0.109. The smallest absolute Gasteiger partial charge is 0.120 e. The first-order valence-corrected chi connectivity index (χ1v) is 7.46. The van der Waals surface area contributed by atoms with Crippen molar-refractivity contribution < 1.29 is 9.15 Å². The zero-order valence-electron chi connectivity index (χ0n) is 13.5. The maximum absolute atomic E-state index is 6.00. The van der Waals surface area contributed by atoms with Crippen LogP contribution in [0.4, 0.5) is 0 Å². The Bertz CT molecular complexity index is 428. The van der Waals surface area contributed by atoms with Crippen LogP contribution in [0.3, 0.4) is 0 Å². The van der Waals surface area contributed by atoms with E-state index in [2.05, 4.69) is 51.0 Å². The van der Waals surface area contributed by atoms with Gasteiger partial charge in [-0.3, -0.25) is 4.90 Å². The largest absolute Gasteiger partial charge is 0.463 e. The summed E-state index contributed by atoms with van der Waals surface area (Å²) in [7, 11) is 2.14. The predicted octanol–water partition coefficient (Wildman–Crippen LogP) is 2.70. The normalized spacial score (nSPS) is 20.0. The van der Waals surface area contributed by atoms with Gasteiger partial charge in [0.05, 0.1) is 19.7 Å². The second-order valence-electron chi connectivity index (χ2n) is 6.85. The van der Waals surface area contributed by atoms with Gasteiger partial charge in [0.25, 0.3) is 0 Å². The number of nitrogens with one attached hydrogen (secondary N) is 1. The van der Waals surface area contributed by atoms with Gasteiger partial charge in [0.2, 0.25) is 0 Å². The van der Waals surface area contributed by atoms with Gasteiger partial charge in [-0.2, -0.15) is 0 Å². The number of ether oxygens (including phenoxy) is 1. The third-order valence-electron chi connectivity index (χ3n) is 3.79. The molecule has 1 saturated heterocycles. The fourth-order valence-corrected chi connectivity index (χ4v) is 2.43. The van der Waals surface area contributed by atoms with Crippen LogP contribution in [0.5, 0.6) is 0 Å². The van der Waals surface area contributed by atoms with E-state index in [4.69, 9.17) is 9.15 Å². The quantitative estimate of drug-likeness (QED) is 0.900. The van der Waals surface area contributed by atoms with E-state index in [1.165, 1.54) is 5.56 Å². The molecule has 114 valence electrons. The van der Waals surface area contributed by atoms with Gasteiger partial charge in [0, 0.05) is 18.2 Å². The van der Waals surface area contributed by atoms with E-state index in [9.17, 15) is 0 Å². The van der Waals surface area contributed by atoms with Gasteiger partial charge in [0.1, 0.15) is 11.5 Å². The highest BCUT2D eigenvalue weighted by Crippen LogP contribution is 2.19. The zero-order valence-corrected chi connectivity index (χ0v) is 13.5. The maximum atomic E-state index is 6.00. The number of furan rings is 1. The van der Waals surface area contributed by atoms with Gasteiger partial charge in [-0.1, -0.05) is 0 Å². The molecule has 0 amide bonds. The molecule has 1 aromatic rings. The lowest BCUT2D eigenvalue weighted by molar-refractivity contribution is 0.151. The summed E-state index contributed by atoms with van der Waals surface area (Å²) < 4.78 is 11.4. The van der Waals surface area contributed by atoms with Crippen LogP contribution in [0, 0.1) is 6.92 Å². The van der Waals surface area contributed by atoms with E-state index in [1.807, 2.05) is 0 Å². The Hall–Kier alpha value is -0.840. The lowest BCUT2D eigenvalue weighted by atomic mass is 10.1. The van der Waals surface area contributed by atoms with Crippen molar-refractivity contribution in [2.24, 2.45) is 0 Å². The molecule has 1 fully saturated rings. The van der Waals surface area contributed by atoms with Gasteiger partial charge < -0.3 is 14.5 Å². The van der Waals surface area contributed by atoms with E-state index in [0.29, 0.717) is 6.04 Å². The molecule has 1 aromatic heterocycles. The molecule has 0 radical (unpaired) electrons. The number of aryl methyl sites for hydroxylation is 1. The average molecular weight is 280 g/mol. The van der Waals surface area contributed by atoms with Crippen molar-refractivity contribution in [3.8, 4) is 0 Å². The third-order valence-corrected chi connectivity index (χ3v) is 3.79. The molecule has 2 rings (SSSR count). The number of hydrogen-bond acceptors (Lipinski definition) is 4. The second kappa shape index (κ2) is 6.29. The van der Waals surface area contributed by atoms with Crippen LogP contribution in [-0.2, 0) is 17.8 Å². The molecule has 0 spiro atoms. The average Bonchev–Trinajstić information content (AvgIpc) is 2.95. The summed E-state index contributed by atoms with van der Waals surface area (Å²) in [5.74, 6) is 2.09. The molecule has 1 N–H and O–H groups in total. The minimum Gasteiger partial charge on any atom is -0.463 e. The van der Waals surface area contributed by atoms with Crippen molar-refractivity contribution in [2.75, 3.05) is 20.3 Å². The Labute approximate surface area is 122 Å². The van der Waals surface area contributed by atoms with Gasteiger partial charge in [0.15, 0.2) is 0 Å². The standard InChI is InChI=1S/C16H28N2O2/c1-12-8-14(10-18(5)13-6-7-19-11-13)20-15(12)9-17-16(2,3)4/h8,13,17H,6-7,9-11H2,1-5H3. The van der Waals surface area contributed by atoms with Crippen molar-refractivity contribution >= 4 is 0 Å². The first-order valence-electron chi connectivity index (χ1n) is 7.46. The monoisotopic (exact) mass is 280 g/mol. The van der Waals surface area contributed by atoms with Gasteiger partial charge >= 0.3 is 0 Å². The van der Waals surface area contributed by atoms with E-state index in [-0.39, 0.29) is 5.54 Å². The number of hydrogen-bond donors (Lipinski definition) is 1. The molecule has 0 aliphatic carbocycles. The van der Waals surface area contributed by atoms with Crippen LogP contribution >= 0.6 is 0 Å². The molecule has 1 aliphatic heterocycles. The summed E-state index contributed by atoms with van der Waals surface area (Å²) in [6, 6.07) is 2.68. The number of likely N-dealkylation sites (N-methyl/N-ethyl adjacent to an activating group) is 1. The van der Waals surface area contributed by atoms with Crippen molar-refractivity contribution in [1.82, 2.24) is 10.2 Å². The molecule has 4 nitrogen and oxygen atoms in total. The van der Waals surface area contributed by atoms with Crippen LogP contribution in [0.2, 0.25) is 0 Å². The van der Waals surface area contributed by atoms with Gasteiger partial charge in [-0.15, -0.1) is 0 Å². The van der Waals surface area contributed by atoms with Crippen LogP contribution in [0.15, 0.2) is 10.5 Å². The van der Waals surface area contributed by atoms with Crippen molar-refractivity contribution in [3.05, 3.63) is 23.2 Å². The Balaban J connectivity index is 1.92. The number of rotatable bonds is 5. The molecule has 2 heterocycles. The predicted molar refractivity (Wildman–Crippen MR) is 80.7 cm³/mol. The van der Waals surface area contributed by atoms with Crippen molar-refractivity contribution in [3.63, 3.8) is 0 Å². The van der Waals surface area contributed by atoms with Crippen LogP contribution in [0.25, 0.3) is 0 Å². The van der Waals surface area contributed by atoms with Crippen LogP contribution in [-0.4, -0.2) is 36.7 Å². The second-order valence-corrected chi connectivity index (χ2v) is 6.85. The molecular weight excluding hydrogens is 252 g/mol. The topological polar surface area (TPSA) is 37.6 Å². The van der Waals surface area contributed by atoms with Crippen LogP contribution < -0.4 is 5.32 Å². The zero-order chi connectivity index (χ0) is 14.8. The van der Waals surface area contributed by atoms with Crippen molar-refractivity contribution in [1.29, 1.82) is 0 Å². The first kappa shape index (κ1) is 15.5. The summed E-state index contributed by atoms with van der Waals surface area (Å²) in [5, 5.41) is 3.47. The minimum atomic E-state index is 0.109. The summed E-state index contributed by atoms with van der Waals surface area (Å²) in [5.41, 5.74) is 1.34. The molecule has 1 unspecified atom stereocenters. The van der Waals surface area contributed by atoms with Crippen LogP contribution in [0.1, 0.15) is 44.3 Å². The number of nitrogens with zero attached hydrogens (tertiary/aromatic N) is 1. The lowest BCUT2D eigenvalue weighted by Crippen LogP contribution is -2.35. The SMILES string of the molecule is Cc1cc(CN(C)C2CCOC2)oc1CNC(C)(C)C. The summed E-state index contributed by atoms with van der Waals surface area (Å²) in [6.45, 7) is 12.0. The van der Waals surface area contributed by atoms with E-state index < -0.39 is 0 Å². The molecule has 20 heavy (non-hydrogen) atoms. The van der Waals surface area contributed by atoms with E-state index in [1.54, 1.807) is 0 Å². The summed E-state index contributed by atoms with van der Waals surface area (Å²) in [4.78, 5) is 2.33. The molecule has 0 bridgehead atoms. The molecule has 0 saturated carbocycles. The first-order chi connectivity index (χ1) is 9.35. The maximum Gasteiger partial charge on any atom is 0.120 e. The molecule has 1 atom stereocenters. The fourth-order valence-electron chi connectivity index (χ4n) is 2.43. The molecule has 4 heteroatoms. The van der Waals surface area contributed by atoms with Crippen molar-refractivity contribution in [2.45, 2.75) is 58.8 Å². The summed E-state index contributed by atoms with van der Waals surface area (Å²) in [6.07, 6.45) is 1.12. The third kappa shape index (κ3) is 4.33. The lowest BCUT2D eigenvalue weighted by Gasteiger charge is -2.21. The highest BCUT2D eigenvalue weighted by atomic mass is 16.5. The van der Waals surface area contributed by atoms with E-state index >= 15 is 0 Å². The Kier molecular flexibility index (Phi) is 4.89. The molecule has 0 aromatic carbocycles. The highest BCUT2D eigenvalue weighted by Gasteiger charge is 2.21. The van der Waals surface area contributed by atoms with E-state index in [0.717, 1.165) is 44.2 Å². The highest BCUT2D eigenvalue weighted by molar-refractivity contribution is 5.20. The Morgan fingerprint density at radius 1 is 1.40 bits per heavy atom.